The molecule has 1 aromatic heterocycles. The summed E-state index contributed by atoms with van der Waals surface area (Å²) < 4.78 is 6.63. The molecule has 18 heavy (non-hydrogen) atoms. The Balaban J connectivity index is 2.25. The lowest BCUT2D eigenvalue weighted by atomic mass is 10.1. The van der Waals surface area contributed by atoms with Crippen LogP contribution in [-0.2, 0) is 13.1 Å². The van der Waals surface area contributed by atoms with E-state index in [-0.39, 0.29) is 5.56 Å². The van der Waals surface area contributed by atoms with E-state index in [9.17, 15) is 4.79 Å². The van der Waals surface area contributed by atoms with Crippen LogP contribution in [0.4, 0.5) is 0 Å². The topological polar surface area (TPSA) is 57.2 Å². The van der Waals surface area contributed by atoms with Gasteiger partial charge in [-0.2, -0.15) is 0 Å². The highest BCUT2D eigenvalue weighted by atomic mass is 16.5. The van der Waals surface area contributed by atoms with E-state index in [4.69, 9.17) is 10.5 Å². The first-order chi connectivity index (χ1) is 8.74. The first-order valence-corrected chi connectivity index (χ1v) is 5.76. The SMILES string of the molecule is COc1cccn(Cc2ccc(CN)cc2)c1=O. The number of hydrogen-bond acceptors (Lipinski definition) is 3. The summed E-state index contributed by atoms with van der Waals surface area (Å²) in [7, 11) is 1.50. The molecule has 0 aliphatic rings. The molecule has 0 atom stereocenters. The van der Waals surface area contributed by atoms with Gasteiger partial charge in [-0.3, -0.25) is 4.79 Å². The van der Waals surface area contributed by atoms with Gasteiger partial charge >= 0.3 is 0 Å². The van der Waals surface area contributed by atoms with Gasteiger partial charge in [0.15, 0.2) is 5.75 Å². The number of aromatic nitrogens is 1. The zero-order chi connectivity index (χ0) is 13.0. The molecule has 0 aliphatic carbocycles. The number of rotatable bonds is 4. The predicted molar refractivity (Wildman–Crippen MR) is 70.7 cm³/mol. The summed E-state index contributed by atoms with van der Waals surface area (Å²) in [4.78, 5) is 11.9. The summed E-state index contributed by atoms with van der Waals surface area (Å²) in [6, 6.07) is 11.4. The van der Waals surface area contributed by atoms with E-state index >= 15 is 0 Å². The number of pyridine rings is 1. The first-order valence-electron chi connectivity index (χ1n) is 5.76. The van der Waals surface area contributed by atoms with E-state index in [1.54, 1.807) is 22.9 Å². The van der Waals surface area contributed by atoms with Gasteiger partial charge in [-0.1, -0.05) is 24.3 Å². The average molecular weight is 244 g/mol. The Morgan fingerprint density at radius 1 is 1.17 bits per heavy atom. The third-order valence-corrected chi connectivity index (χ3v) is 2.82. The quantitative estimate of drug-likeness (QED) is 0.883. The van der Waals surface area contributed by atoms with Gasteiger partial charge in [0.25, 0.3) is 5.56 Å². The molecule has 1 aromatic carbocycles. The minimum absolute atomic E-state index is 0.122. The van der Waals surface area contributed by atoms with Crippen LogP contribution >= 0.6 is 0 Å². The second-order valence-electron chi connectivity index (χ2n) is 4.03. The molecule has 0 saturated carbocycles. The fourth-order valence-corrected chi connectivity index (χ4v) is 1.77. The van der Waals surface area contributed by atoms with Crippen molar-refractivity contribution < 1.29 is 4.74 Å². The number of ether oxygens (including phenoxy) is 1. The summed E-state index contributed by atoms with van der Waals surface area (Å²) >= 11 is 0. The van der Waals surface area contributed by atoms with Gasteiger partial charge in [0.2, 0.25) is 0 Å². The molecule has 0 spiro atoms. The van der Waals surface area contributed by atoms with Crippen LogP contribution in [0, 0.1) is 0 Å². The second kappa shape index (κ2) is 5.51. The highest BCUT2D eigenvalue weighted by Crippen LogP contribution is 2.06. The molecule has 2 N–H and O–H groups in total. The van der Waals surface area contributed by atoms with Crippen molar-refractivity contribution in [1.29, 1.82) is 0 Å². The molecule has 0 radical (unpaired) electrons. The molecule has 2 rings (SSSR count). The van der Waals surface area contributed by atoms with Crippen LogP contribution in [0.2, 0.25) is 0 Å². The Morgan fingerprint density at radius 3 is 2.44 bits per heavy atom. The van der Waals surface area contributed by atoms with E-state index in [0.29, 0.717) is 18.8 Å². The molecule has 1 heterocycles. The molecule has 4 nitrogen and oxygen atoms in total. The average Bonchev–Trinajstić information content (AvgIpc) is 2.42. The highest BCUT2D eigenvalue weighted by molar-refractivity contribution is 5.24. The smallest absolute Gasteiger partial charge is 0.293 e. The van der Waals surface area contributed by atoms with Crippen LogP contribution in [0.3, 0.4) is 0 Å². The van der Waals surface area contributed by atoms with Crippen molar-refractivity contribution in [2.75, 3.05) is 7.11 Å². The Kier molecular flexibility index (Phi) is 3.79. The van der Waals surface area contributed by atoms with Crippen LogP contribution < -0.4 is 16.0 Å². The summed E-state index contributed by atoms with van der Waals surface area (Å²) in [5, 5.41) is 0. The summed E-state index contributed by atoms with van der Waals surface area (Å²) in [6.07, 6.45) is 1.75. The summed E-state index contributed by atoms with van der Waals surface area (Å²) in [6.45, 7) is 1.06. The second-order valence-corrected chi connectivity index (χ2v) is 4.03. The maximum absolute atomic E-state index is 11.9. The summed E-state index contributed by atoms with van der Waals surface area (Å²) in [5.74, 6) is 0.357. The first kappa shape index (κ1) is 12.4. The normalized spacial score (nSPS) is 10.3. The van der Waals surface area contributed by atoms with Crippen molar-refractivity contribution in [1.82, 2.24) is 4.57 Å². The number of benzene rings is 1. The maximum atomic E-state index is 11.9. The van der Waals surface area contributed by atoms with Crippen LogP contribution in [0.25, 0.3) is 0 Å². The molecule has 0 aliphatic heterocycles. The fourth-order valence-electron chi connectivity index (χ4n) is 1.77. The molecule has 94 valence electrons. The van der Waals surface area contributed by atoms with Crippen LogP contribution in [0.15, 0.2) is 47.4 Å². The highest BCUT2D eigenvalue weighted by Gasteiger charge is 2.03. The largest absolute Gasteiger partial charge is 0.491 e. The number of nitrogens with two attached hydrogens (primary N) is 1. The molecule has 0 amide bonds. The standard InChI is InChI=1S/C14H16N2O2/c1-18-13-3-2-8-16(14(13)17)10-12-6-4-11(9-15)5-7-12/h2-8H,9-10,15H2,1H3. The zero-order valence-corrected chi connectivity index (χ0v) is 10.3. The van der Waals surface area contributed by atoms with Crippen LogP contribution in [-0.4, -0.2) is 11.7 Å². The van der Waals surface area contributed by atoms with Crippen molar-refractivity contribution in [3.63, 3.8) is 0 Å². The molecule has 2 aromatic rings. The third-order valence-electron chi connectivity index (χ3n) is 2.82. The van der Waals surface area contributed by atoms with Crippen molar-refractivity contribution in [3.8, 4) is 5.75 Å². The van der Waals surface area contributed by atoms with Gasteiger partial charge in [-0.05, 0) is 23.3 Å². The zero-order valence-electron chi connectivity index (χ0n) is 10.3. The monoisotopic (exact) mass is 244 g/mol. The Bertz CT molecular complexity index is 573. The minimum Gasteiger partial charge on any atom is -0.491 e. The van der Waals surface area contributed by atoms with E-state index in [2.05, 4.69) is 0 Å². The minimum atomic E-state index is -0.122. The fraction of sp³-hybridized carbons (Fsp3) is 0.214. The Hall–Kier alpha value is -2.07. The van der Waals surface area contributed by atoms with Gasteiger partial charge in [0, 0.05) is 12.7 Å². The van der Waals surface area contributed by atoms with E-state index < -0.39 is 0 Å². The van der Waals surface area contributed by atoms with Crippen LogP contribution in [0.5, 0.6) is 5.75 Å². The maximum Gasteiger partial charge on any atom is 0.293 e. The number of methoxy groups -OCH3 is 1. The molecular formula is C14H16N2O2. The van der Waals surface area contributed by atoms with Crippen molar-refractivity contribution >= 4 is 0 Å². The molecule has 0 bridgehead atoms. The van der Waals surface area contributed by atoms with Gasteiger partial charge in [0.05, 0.1) is 13.7 Å². The molecule has 0 saturated heterocycles. The molecule has 0 unspecified atom stereocenters. The lowest BCUT2D eigenvalue weighted by Crippen LogP contribution is -2.20. The van der Waals surface area contributed by atoms with Gasteiger partial charge in [-0.25, -0.2) is 0 Å². The Labute approximate surface area is 106 Å². The van der Waals surface area contributed by atoms with E-state index in [0.717, 1.165) is 11.1 Å². The van der Waals surface area contributed by atoms with Crippen molar-refractivity contribution in [2.24, 2.45) is 5.73 Å². The van der Waals surface area contributed by atoms with Crippen molar-refractivity contribution in [2.45, 2.75) is 13.1 Å². The predicted octanol–water partition coefficient (Wildman–Crippen LogP) is 1.36. The van der Waals surface area contributed by atoms with Gasteiger partial charge in [-0.15, -0.1) is 0 Å². The van der Waals surface area contributed by atoms with E-state index in [1.165, 1.54) is 7.11 Å². The molecule has 0 fully saturated rings. The van der Waals surface area contributed by atoms with Crippen LogP contribution in [0.1, 0.15) is 11.1 Å². The lowest BCUT2D eigenvalue weighted by Gasteiger charge is -2.08. The van der Waals surface area contributed by atoms with Crippen molar-refractivity contribution in [3.05, 3.63) is 64.1 Å². The van der Waals surface area contributed by atoms with Gasteiger partial charge < -0.3 is 15.0 Å². The molecular weight excluding hydrogens is 228 g/mol. The number of nitrogens with zero attached hydrogens (tertiary/aromatic N) is 1. The number of hydrogen-bond donors (Lipinski definition) is 1. The molecule has 4 heteroatoms. The third kappa shape index (κ3) is 2.60. The Morgan fingerprint density at radius 2 is 1.83 bits per heavy atom. The lowest BCUT2D eigenvalue weighted by molar-refractivity contribution is 0.403. The van der Waals surface area contributed by atoms with E-state index in [1.807, 2.05) is 24.3 Å². The van der Waals surface area contributed by atoms with Gasteiger partial charge in [0.1, 0.15) is 0 Å². The summed E-state index contributed by atoms with van der Waals surface area (Å²) in [5.41, 5.74) is 7.56.